The number of nitrogens with two attached hydrogens (primary N) is 1. The SMILES string of the molecule is Cc1cc2c(cc1C(F)(F)F)N(CC1CC1)CCC[C@@H]2N(Cc1cc(C(F)(F)F)cc(C(F)(F)F)c1)c1nnn(CCN)n1.Cl. The lowest BCUT2D eigenvalue weighted by Gasteiger charge is -2.33. The van der Waals surface area contributed by atoms with Gasteiger partial charge >= 0.3 is 18.5 Å². The van der Waals surface area contributed by atoms with Crippen LogP contribution in [0.15, 0.2) is 30.3 Å². The van der Waals surface area contributed by atoms with Gasteiger partial charge in [0, 0.05) is 31.9 Å². The van der Waals surface area contributed by atoms with Crippen LogP contribution in [0.3, 0.4) is 0 Å². The second-order valence-electron chi connectivity index (χ2n) is 11.3. The zero-order valence-corrected chi connectivity index (χ0v) is 24.8. The summed E-state index contributed by atoms with van der Waals surface area (Å²) in [5.41, 5.74) is 2.18. The molecule has 0 saturated heterocycles. The van der Waals surface area contributed by atoms with Gasteiger partial charge in [-0.15, -0.1) is 17.5 Å². The topological polar surface area (TPSA) is 76.1 Å². The molecule has 2 heterocycles. The van der Waals surface area contributed by atoms with E-state index in [1.54, 1.807) is 0 Å². The van der Waals surface area contributed by atoms with Gasteiger partial charge in [-0.05, 0) is 84.7 Å². The van der Waals surface area contributed by atoms with Gasteiger partial charge in [-0.1, -0.05) is 11.2 Å². The highest BCUT2D eigenvalue weighted by Crippen LogP contribution is 2.45. The second-order valence-corrected chi connectivity index (χ2v) is 11.3. The van der Waals surface area contributed by atoms with Crippen molar-refractivity contribution in [3.05, 3.63) is 63.7 Å². The Morgan fingerprint density at radius 2 is 1.53 bits per heavy atom. The average Bonchev–Trinajstić information content (AvgIpc) is 3.65. The van der Waals surface area contributed by atoms with E-state index in [1.165, 1.54) is 17.9 Å². The van der Waals surface area contributed by atoms with E-state index < -0.39 is 47.8 Å². The predicted molar refractivity (Wildman–Crippen MR) is 150 cm³/mol. The summed E-state index contributed by atoms with van der Waals surface area (Å²) in [6, 6.07) is 2.99. The molecule has 1 saturated carbocycles. The molecule has 0 unspecified atom stereocenters. The van der Waals surface area contributed by atoms with Gasteiger partial charge in [0.25, 0.3) is 5.95 Å². The Kier molecular flexibility index (Phi) is 9.88. The summed E-state index contributed by atoms with van der Waals surface area (Å²) >= 11 is 0. The first kappa shape index (κ1) is 34.6. The lowest BCUT2D eigenvalue weighted by molar-refractivity contribution is -0.143. The standard InChI is InChI=1S/C28H30F9N7.ClH/c1-16-9-21-23(3-2-7-42(14-17-4-5-17)24(21)13-22(16)28(35,36)37)43(25-39-41-44(40-25)8-6-38)15-18-10-19(26(29,30)31)12-20(11-18)27(32,33)34;/h9-13,17,23H,2-8,14-15,38H2,1H3;1H/t23-;/m0./s1. The van der Waals surface area contributed by atoms with Gasteiger partial charge in [0.2, 0.25) is 0 Å². The van der Waals surface area contributed by atoms with Crippen LogP contribution in [-0.4, -0.2) is 39.8 Å². The average molecular weight is 672 g/mol. The number of hydrogen-bond acceptors (Lipinski definition) is 6. The summed E-state index contributed by atoms with van der Waals surface area (Å²) in [5.74, 6) is 0.225. The van der Waals surface area contributed by atoms with Crippen molar-refractivity contribution in [2.24, 2.45) is 11.7 Å². The lowest BCUT2D eigenvalue weighted by Crippen LogP contribution is -2.31. The molecule has 0 bridgehead atoms. The minimum Gasteiger partial charge on any atom is -0.371 e. The molecule has 2 aromatic carbocycles. The van der Waals surface area contributed by atoms with Crippen molar-refractivity contribution in [2.75, 3.05) is 29.4 Å². The molecular formula is C28H31ClF9N7. The van der Waals surface area contributed by atoms with E-state index in [9.17, 15) is 39.5 Å². The fraction of sp³-hybridized carbons (Fsp3) is 0.536. The zero-order chi connectivity index (χ0) is 32.0. The highest BCUT2D eigenvalue weighted by molar-refractivity contribution is 5.85. The maximum absolute atomic E-state index is 14.0. The second kappa shape index (κ2) is 12.9. The first-order valence-electron chi connectivity index (χ1n) is 14.0. The number of benzene rings is 2. The Morgan fingerprint density at radius 3 is 2.09 bits per heavy atom. The summed E-state index contributed by atoms with van der Waals surface area (Å²) in [5, 5.41) is 12.2. The Labute approximate surface area is 258 Å². The lowest BCUT2D eigenvalue weighted by atomic mass is 9.94. The van der Waals surface area contributed by atoms with Crippen LogP contribution in [0.1, 0.15) is 65.1 Å². The molecule has 1 atom stereocenters. The van der Waals surface area contributed by atoms with E-state index in [1.807, 2.05) is 4.90 Å². The van der Waals surface area contributed by atoms with Crippen molar-refractivity contribution in [3.8, 4) is 0 Å². The number of halogens is 10. The normalized spacial score (nSPS) is 17.5. The molecule has 1 aliphatic heterocycles. The molecule has 45 heavy (non-hydrogen) atoms. The van der Waals surface area contributed by atoms with Gasteiger partial charge in [-0.2, -0.15) is 44.3 Å². The Hall–Kier alpha value is -3.27. The number of fused-ring (bicyclic) bond motifs is 1. The summed E-state index contributed by atoms with van der Waals surface area (Å²) in [6.45, 7) is 2.02. The number of rotatable bonds is 8. The number of hydrogen-bond donors (Lipinski definition) is 1. The predicted octanol–water partition coefficient (Wildman–Crippen LogP) is 7.18. The molecule has 1 aromatic heterocycles. The van der Waals surface area contributed by atoms with Gasteiger partial charge in [0.05, 0.1) is 29.3 Å². The van der Waals surface area contributed by atoms with E-state index >= 15 is 0 Å². The zero-order valence-electron chi connectivity index (χ0n) is 24.0. The third-order valence-corrected chi connectivity index (χ3v) is 7.86. The van der Waals surface area contributed by atoms with Crippen LogP contribution < -0.4 is 15.5 Å². The minimum absolute atomic E-state index is 0. The molecule has 2 aliphatic rings. The molecule has 2 N–H and O–H groups in total. The van der Waals surface area contributed by atoms with Crippen LogP contribution in [0.2, 0.25) is 0 Å². The van der Waals surface area contributed by atoms with Crippen LogP contribution in [0, 0.1) is 12.8 Å². The highest BCUT2D eigenvalue weighted by Gasteiger charge is 2.40. The largest absolute Gasteiger partial charge is 0.416 e. The smallest absolute Gasteiger partial charge is 0.371 e. The van der Waals surface area contributed by atoms with Crippen LogP contribution in [-0.2, 0) is 31.6 Å². The fourth-order valence-electron chi connectivity index (χ4n) is 5.63. The molecule has 5 rings (SSSR count). The van der Waals surface area contributed by atoms with Gasteiger partial charge in [0.1, 0.15) is 0 Å². The van der Waals surface area contributed by atoms with Gasteiger partial charge in [-0.25, -0.2) is 0 Å². The van der Waals surface area contributed by atoms with E-state index in [0.29, 0.717) is 55.2 Å². The molecule has 0 spiro atoms. The molecule has 1 fully saturated rings. The van der Waals surface area contributed by atoms with Crippen molar-refractivity contribution in [1.29, 1.82) is 0 Å². The number of anilines is 2. The van der Waals surface area contributed by atoms with E-state index in [4.69, 9.17) is 5.73 Å². The Morgan fingerprint density at radius 1 is 0.889 bits per heavy atom. The van der Waals surface area contributed by atoms with Gasteiger partial charge < -0.3 is 15.5 Å². The van der Waals surface area contributed by atoms with E-state index in [-0.39, 0.29) is 48.6 Å². The number of aromatic nitrogens is 4. The van der Waals surface area contributed by atoms with Gasteiger partial charge in [-0.3, -0.25) is 0 Å². The van der Waals surface area contributed by atoms with Gasteiger partial charge in [0.15, 0.2) is 0 Å². The van der Waals surface area contributed by atoms with Crippen LogP contribution in [0.5, 0.6) is 0 Å². The number of tetrazole rings is 1. The fourth-order valence-corrected chi connectivity index (χ4v) is 5.63. The number of nitrogens with zero attached hydrogens (tertiary/aromatic N) is 6. The molecule has 1 aliphatic carbocycles. The summed E-state index contributed by atoms with van der Waals surface area (Å²) < 4.78 is 124. The highest BCUT2D eigenvalue weighted by atomic mass is 35.5. The van der Waals surface area contributed by atoms with E-state index in [0.717, 1.165) is 23.7 Å². The summed E-state index contributed by atoms with van der Waals surface area (Å²) in [6.07, 6.45) is -12.1. The first-order valence-corrected chi connectivity index (χ1v) is 14.0. The molecule has 0 amide bonds. The summed E-state index contributed by atoms with van der Waals surface area (Å²) in [7, 11) is 0. The number of alkyl halides is 9. The van der Waals surface area contributed by atoms with Crippen molar-refractivity contribution in [1.82, 2.24) is 20.2 Å². The quantitative estimate of drug-likeness (QED) is 0.256. The van der Waals surface area contributed by atoms with Crippen LogP contribution in [0.25, 0.3) is 0 Å². The Balaban J connectivity index is 0.00000461. The van der Waals surface area contributed by atoms with Crippen molar-refractivity contribution >= 4 is 24.0 Å². The maximum Gasteiger partial charge on any atom is 0.416 e. The summed E-state index contributed by atoms with van der Waals surface area (Å²) in [4.78, 5) is 4.46. The first-order chi connectivity index (χ1) is 20.5. The van der Waals surface area contributed by atoms with E-state index in [2.05, 4.69) is 15.4 Å². The van der Waals surface area contributed by atoms with Crippen molar-refractivity contribution in [2.45, 2.75) is 70.3 Å². The maximum atomic E-state index is 14.0. The van der Waals surface area contributed by atoms with Crippen molar-refractivity contribution in [3.63, 3.8) is 0 Å². The third kappa shape index (κ3) is 7.94. The molecule has 0 radical (unpaired) electrons. The number of aryl methyl sites for hydroxylation is 1. The molecule has 7 nitrogen and oxygen atoms in total. The van der Waals surface area contributed by atoms with Crippen LogP contribution in [0.4, 0.5) is 51.1 Å². The van der Waals surface area contributed by atoms with Crippen LogP contribution >= 0.6 is 12.4 Å². The molecule has 248 valence electrons. The Bertz CT molecular complexity index is 1450. The third-order valence-electron chi connectivity index (χ3n) is 7.86. The minimum atomic E-state index is -5.06. The molecule has 3 aromatic rings. The molecule has 17 heteroatoms. The molecular weight excluding hydrogens is 641 g/mol. The monoisotopic (exact) mass is 671 g/mol. The van der Waals surface area contributed by atoms with Crippen molar-refractivity contribution < 1.29 is 39.5 Å².